The number of anilines is 1. The zero-order valence-electron chi connectivity index (χ0n) is 12.6. The lowest BCUT2D eigenvalue weighted by atomic mass is 10.1. The van der Waals surface area contributed by atoms with Gasteiger partial charge < -0.3 is 5.32 Å². The standard InChI is InChI=1S/C14H20N4O2S/c1-10-13(15-9-14(2,3)18-21(4,19)20)17-12-8-6-5-7-11(12)16-10/h5-8,18H,9H2,1-4H3,(H,15,17). The van der Waals surface area contributed by atoms with Crippen LogP contribution < -0.4 is 10.0 Å². The van der Waals surface area contributed by atoms with Gasteiger partial charge in [0.1, 0.15) is 5.82 Å². The van der Waals surface area contributed by atoms with E-state index in [4.69, 9.17) is 0 Å². The van der Waals surface area contributed by atoms with Crippen molar-refractivity contribution in [1.29, 1.82) is 0 Å². The third kappa shape index (κ3) is 4.37. The molecule has 1 aromatic carbocycles. The fourth-order valence-electron chi connectivity index (χ4n) is 2.10. The Morgan fingerprint density at radius 3 is 2.29 bits per heavy atom. The van der Waals surface area contributed by atoms with Crippen molar-refractivity contribution in [3.8, 4) is 0 Å². The van der Waals surface area contributed by atoms with Crippen molar-refractivity contribution in [2.75, 3.05) is 18.1 Å². The lowest BCUT2D eigenvalue weighted by Crippen LogP contribution is -2.47. The number of hydrogen-bond acceptors (Lipinski definition) is 5. The number of sulfonamides is 1. The molecule has 0 saturated heterocycles. The largest absolute Gasteiger partial charge is 0.367 e. The van der Waals surface area contributed by atoms with Gasteiger partial charge in [-0.05, 0) is 32.9 Å². The minimum absolute atomic E-state index is 0.411. The third-order valence-corrected chi connectivity index (χ3v) is 3.83. The first-order valence-electron chi connectivity index (χ1n) is 6.62. The van der Waals surface area contributed by atoms with Crippen molar-refractivity contribution in [1.82, 2.24) is 14.7 Å². The molecule has 7 heteroatoms. The van der Waals surface area contributed by atoms with Gasteiger partial charge in [0.05, 0.1) is 23.0 Å². The molecule has 0 aliphatic rings. The van der Waals surface area contributed by atoms with E-state index in [0.717, 1.165) is 23.0 Å². The van der Waals surface area contributed by atoms with Gasteiger partial charge in [-0.25, -0.2) is 23.1 Å². The van der Waals surface area contributed by atoms with Gasteiger partial charge >= 0.3 is 0 Å². The monoisotopic (exact) mass is 308 g/mol. The maximum atomic E-state index is 11.3. The zero-order chi connectivity index (χ0) is 15.7. The van der Waals surface area contributed by atoms with Crippen LogP contribution in [0, 0.1) is 6.92 Å². The van der Waals surface area contributed by atoms with Crippen molar-refractivity contribution >= 4 is 26.9 Å². The van der Waals surface area contributed by atoms with Gasteiger partial charge in [-0.2, -0.15) is 0 Å². The minimum atomic E-state index is -3.26. The van der Waals surface area contributed by atoms with E-state index in [2.05, 4.69) is 20.0 Å². The van der Waals surface area contributed by atoms with E-state index in [-0.39, 0.29) is 0 Å². The summed E-state index contributed by atoms with van der Waals surface area (Å²) in [6.07, 6.45) is 1.15. The molecule has 2 N–H and O–H groups in total. The number of para-hydroxylation sites is 2. The molecular formula is C14H20N4O2S. The van der Waals surface area contributed by atoms with Crippen molar-refractivity contribution in [3.63, 3.8) is 0 Å². The number of nitrogens with one attached hydrogen (secondary N) is 2. The summed E-state index contributed by atoms with van der Waals surface area (Å²) in [6, 6.07) is 7.63. The molecule has 0 aliphatic heterocycles. The predicted octanol–water partition coefficient (Wildman–Crippen LogP) is 1.68. The first kappa shape index (κ1) is 15.7. The second kappa shape index (κ2) is 5.57. The van der Waals surface area contributed by atoms with Crippen LogP contribution in [-0.2, 0) is 10.0 Å². The van der Waals surface area contributed by atoms with Crippen LogP contribution >= 0.6 is 0 Å². The van der Waals surface area contributed by atoms with Gasteiger partial charge in [0.15, 0.2) is 0 Å². The first-order valence-corrected chi connectivity index (χ1v) is 8.52. The molecule has 0 unspecified atom stereocenters. The second-order valence-electron chi connectivity index (χ2n) is 5.76. The summed E-state index contributed by atoms with van der Waals surface area (Å²) >= 11 is 0. The fraction of sp³-hybridized carbons (Fsp3) is 0.429. The highest BCUT2D eigenvalue weighted by atomic mass is 32.2. The summed E-state index contributed by atoms with van der Waals surface area (Å²) in [5.41, 5.74) is 1.81. The molecule has 0 saturated carbocycles. The van der Waals surface area contributed by atoms with E-state index in [1.54, 1.807) is 0 Å². The van der Waals surface area contributed by atoms with E-state index in [9.17, 15) is 8.42 Å². The average Bonchev–Trinajstić information content (AvgIpc) is 2.33. The van der Waals surface area contributed by atoms with Crippen LogP contribution in [0.15, 0.2) is 24.3 Å². The van der Waals surface area contributed by atoms with Gasteiger partial charge in [0, 0.05) is 12.1 Å². The Kier molecular flexibility index (Phi) is 4.15. The molecule has 0 amide bonds. The van der Waals surface area contributed by atoms with E-state index >= 15 is 0 Å². The average molecular weight is 308 g/mol. The van der Waals surface area contributed by atoms with E-state index in [1.165, 1.54) is 0 Å². The predicted molar refractivity (Wildman–Crippen MR) is 84.8 cm³/mol. The van der Waals surface area contributed by atoms with Crippen LogP contribution in [0.5, 0.6) is 0 Å². The number of aromatic nitrogens is 2. The van der Waals surface area contributed by atoms with Crippen LogP contribution in [-0.4, -0.2) is 36.7 Å². The normalized spacial score (nSPS) is 12.6. The van der Waals surface area contributed by atoms with E-state index in [0.29, 0.717) is 12.4 Å². The van der Waals surface area contributed by atoms with Crippen molar-refractivity contribution in [3.05, 3.63) is 30.0 Å². The van der Waals surface area contributed by atoms with Gasteiger partial charge in [-0.3, -0.25) is 0 Å². The Bertz CT molecular complexity index is 757. The quantitative estimate of drug-likeness (QED) is 0.878. The Morgan fingerprint density at radius 2 is 1.71 bits per heavy atom. The van der Waals surface area contributed by atoms with Gasteiger partial charge in [-0.15, -0.1) is 0 Å². The molecule has 21 heavy (non-hydrogen) atoms. The molecule has 6 nitrogen and oxygen atoms in total. The topological polar surface area (TPSA) is 84.0 Å². The SMILES string of the molecule is Cc1nc2ccccc2nc1NCC(C)(C)NS(C)(=O)=O. The molecule has 0 aliphatic carbocycles. The summed E-state index contributed by atoms with van der Waals surface area (Å²) in [4.78, 5) is 9.01. The first-order chi connectivity index (χ1) is 9.66. The molecule has 2 rings (SSSR count). The van der Waals surface area contributed by atoms with Crippen LogP contribution in [0.3, 0.4) is 0 Å². The number of rotatable bonds is 5. The van der Waals surface area contributed by atoms with Crippen LogP contribution in [0.1, 0.15) is 19.5 Å². The highest BCUT2D eigenvalue weighted by Crippen LogP contribution is 2.16. The number of hydrogen-bond donors (Lipinski definition) is 2. The number of fused-ring (bicyclic) bond motifs is 1. The second-order valence-corrected chi connectivity index (χ2v) is 7.51. The zero-order valence-corrected chi connectivity index (χ0v) is 13.5. The minimum Gasteiger partial charge on any atom is -0.367 e. The number of aryl methyl sites for hydroxylation is 1. The molecule has 0 radical (unpaired) electrons. The third-order valence-electron chi connectivity index (χ3n) is 2.90. The maximum absolute atomic E-state index is 11.3. The van der Waals surface area contributed by atoms with Crippen molar-refractivity contribution < 1.29 is 8.42 Å². The van der Waals surface area contributed by atoms with Gasteiger partial charge in [0.25, 0.3) is 0 Å². The highest BCUT2D eigenvalue weighted by Gasteiger charge is 2.22. The van der Waals surface area contributed by atoms with Gasteiger partial charge in [0.2, 0.25) is 10.0 Å². The molecule has 0 atom stereocenters. The maximum Gasteiger partial charge on any atom is 0.209 e. The molecular weight excluding hydrogens is 288 g/mol. The Hall–Kier alpha value is -1.73. The lowest BCUT2D eigenvalue weighted by molar-refractivity contribution is 0.476. The Balaban J connectivity index is 2.18. The van der Waals surface area contributed by atoms with E-state index < -0.39 is 15.6 Å². The van der Waals surface area contributed by atoms with Crippen LogP contribution in [0.2, 0.25) is 0 Å². The number of benzene rings is 1. The summed E-state index contributed by atoms with van der Waals surface area (Å²) in [7, 11) is -3.26. The molecule has 0 spiro atoms. The lowest BCUT2D eigenvalue weighted by Gasteiger charge is -2.25. The smallest absolute Gasteiger partial charge is 0.209 e. The van der Waals surface area contributed by atoms with Crippen LogP contribution in [0.4, 0.5) is 5.82 Å². The van der Waals surface area contributed by atoms with Crippen molar-refractivity contribution in [2.45, 2.75) is 26.3 Å². The highest BCUT2D eigenvalue weighted by molar-refractivity contribution is 7.88. The Labute approximate surface area is 125 Å². The molecule has 1 aromatic heterocycles. The Morgan fingerprint density at radius 1 is 1.14 bits per heavy atom. The molecule has 2 aromatic rings. The molecule has 1 heterocycles. The summed E-state index contributed by atoms with van der Waals surface area (Å²) in [5, 5.41) is 3.17. The molecule has 114 valence electrons. The fourth-order valence-corrected chi connectivity index (χ4v) is 3.17. The molecule has 0 fully saturated rings. The van der Waals surface area contributed by atoms with Crippen LogP contribution in [0.25, 0.3) is 11.0 Å². The summed E-state index contributed by atoms with van der Waals surface area (Å²) in [5.74, 6) is 0.664. The van der Waals surface area contributed by atoms with Crippen molar-refractivity contribution in [2.24, 2.45) is 0 Å². The van der Waals surface area contributed by atoms with Gasteiger partial charge in [-0.1, -0.05) is 12.1 Å². The summed E-state index contributed by atoms with van der Waals surface area (Å²) in [6.45, 7) is 5.91. The molecule has 0 bridgehead atoms. The van der Waals surface area contributed by atoms with E-state index in [1.807, 2.05) is 45.0 Å². The number of nitrogens with zero attached hydrogens (tertiary/aromatic N) is 2. The summed E-state index contributed by atoms with van der Waals surface area (Å²) < 4.78 is 25.3.